The van der Waals surface area contributed by atoms with Gasteiger partial charge in [0.1, 0.15) is 0 Å². The van der Waals surface area contributed by atoms with E-state index in [1.807, 2.05) is 0 Å². The molecule has 1 unspecified atom stereocenters. The standard InChI is InChI=1S/C6H12S3/c1-5(4-8-7)9-6-2-3-6/h5-7H,2-4H2,1H3. The van der Waals surface area contributed by atoms with Crippen LogP contribution < -0.4 is 0 Å². The molecule has 0 saturated heterocycles. The smallest absolute Gasteiger partial charge is 0.0151 e. The van der Waals surface area contributed by atoms with Crippen molar-refractivity contribution >= 4 is 34.2 Å². The van der Waals surface area contributed by atoms with Crippen LogP contribution in [0.2, 0.25) is 0 Å². The lowest BCUT2D eigenvalue weighted by Gasteiger charge is -2.05. The van der Waals surface area contributed by atoms with E-state index < -0.39 is 0 Å². The van der Waals surface area contributed by atoms with E-state index in [4.69, 9.17) is 0 Å². The summed E-state index contributed by atoms with van der Waals surface area (Å²) in [5, 5.41) is 1.81. The SMILES string of the molecule is CC(CSS)SC1CC1. The van der Waals surface area contributed by atoms with Gasteiger partial charge in [-0.15, -0.1) is 11.7 Å². The third-order valence-electron chi connectivity index (χ3n) is 1.26. The maximum Gasteiger partial charge on any atom is 0.0151 e. The molecule has 0 spiro atoms. The molecule has 3 heteroatoms. The number of thiol groups is 1. The second-order valence-corrected chi connectivity index (χ2v) is 5.55. The van der Waals surface area contributed by atoms with Crippen molar-refractivity contribution in [2.24, 2.45) is 0 Å². The van der Waals surface area contributed by atoms with Crippen molar-refractivity contribution in [3.8, 4) is 0 Å². The summed E-state index contributed by atoms with van der Waals surface area (Å²) in [6.07, 6.45) is 2.90. The lowest BCUT2D eigenvalue weighted by Crippen LogP contribution is -1.99. The Morgan fingerprint density at radius 3 is 2.78 bits per heavy atom. The van der Waals surface area contributed by atoms with Crippen LogP contribution in [0.15, 0.2) is 0 Å². The van der Waals surface area contributed by atoms with Gasteiger partial charge in [-0.25, -0.2) is 0 Å². The van der Waals surface area contributed by atoms with Gasteiger partial charge in [-0.1, -0.05) is 17.7 Å². The molecule has 0 bridgehead atoms. The average Bonchev–Trinajstić information content (AvgIpc) is 2.50. The summed E-state index contributed by atoms with van der Waals surface area (Å²) < 4.78 is 0. The highest BCUT2D eigenvalue weighted by atomic mass is 33.1. The summed E-state index contributed by atoms with van der Waals surface area (Å²) in [4.78, 5) is 0. The molecule has 0 aromatic rings. The Labute approximate surface area is 70.4 Å². The molecule has 0 aromatic carbocycles. The minimum absolute atomic E-state index is 0.806. The van der Waals surface area contributed by atoms with Crippen molar-refractivity contribution in [3.63, 3.8) is 0 Å². The zero-order valence-corrected chi connectivity index (χ0v) is 8.07. The number of rotatable bonds is 4. The minimum atomic E-state index is 0.806. The maximum absolute atomic E-state index is 4.11. The van der Waals surface area contributed by atoms with Gasteiger partial charge in [-0.05, 0) is 12.8 Å². The van der Waals surface area contributed by atoms with Gasteiger partial charge in [-0.2, -0.15) is 11.8 Å². The van der Waals surface area contributed by atoms with Gasteiger partial charge in [0, 0.05) is 16.3 Å². The summed E-state index contributed by atoms with van der Waals surface area (Å²) in [7, 11) is 1.65. The molecule has 0 aliphatic heterocycles. The molecule has 0 amide bonds. The van der Waals surface area contributed by atoms with Gasteiger partial charge in [-0.3, -0.25) is 0 Å². The predicted octanol–water partition coefficient (Wildman–Crippen LogP) is 2.85. The summed E-state index contributed by atoms with van der Waals surface area (Å²) in [6.45, 7) is 2.28. The van der Waals surface area contributed by atoms with E-state index in [1.54, 1.807) is 10.8 Å². The first-order chi connectivity index (χ1) is 4.33. The van der Waals surface area contributed by atoms with E-state index in [1.165, 1.54) is 18.6 Å². The van der Waals surface area contributed by atoms with Crippen LogP contribution in [0.1, 0.15) is 19.8 Å². The lowest BCUT2D eigenvalue weighted by molar-refractivity contribution is 1.13. The Morgan fingerprint density at radius 2 is 2.33 bits per heavy atom. The fourth-order valence-electron chi connectivity index (χ4n) is 0.677. The summed E-state index contributed by atoms with van der Waals surface area (Å²) in [6, 6.07) is 0. The predicted molar refractivity (Wildman–Crippen MR) is 51.5 cm³/mol. The monoisotopic (exact) mass is 180 g/mol. The molecular formula is C6H12S3. The van der Waals surface area contributed by atoms with Crippen LogP contribution in [0.3, 0.4) is 0 Å². The normalized spacial score (nSPS) is 22.0. The average molecular weight is 180 g/mol. The summed E-state index contributed by atoms with van der Waals surface area (Å²) >= 11 is 6.23. The minimum Gasteiger partial charge on any atom is -0.155 e. The molecule has 1 aliphatic rings. The van der Waals surface area contributed by atoms with Crippen LogP contribution in [0.25, 0.3) is 0 Å². The first kappa shape index (κ1) is 8.15. The van der Waals surface area contributed by atoms with Crippen molar-refractivity contribution in [1.82, 2.24) is 0 Å². The number of thioether (sulfide) groups is 1. The molecule has 0 radical (unpaired) electrons. The number of hydrogen-bond acceptors (Lipinski definition) is 3. The van der Waals surface area contributed by atoms with E-state index in [-0.39, 0.29) is 0 Å². The van der Waals surface area contributed by atoms with Gasteiger partial charge >= 0.3 is 0 Å². The Balaban J connectivity index is 1.95. The van der Waals surface area contributed by atoms with Crippen molar-refractivity contribution in [2.75, 3.05) is 5.75 Å². The van der Waals surface area contributed by atoms with Gasteiger partial charge in [0.15, 0.2) is 0 Å². The van der Waals surface area contributed by atoms with Crippen LogP contribution in [0.4, 0.5) is 0 Å². The van der Waals surface area contributed by atoms with Crippen LogP contribution in [0.5, 0.6) is 0 Å². The van der Waals surface area contributed by atoms with Gasteiger partial charge in [0.05, 0.1) is 0 Å². The molecular weight excluding hydrogens is 168 g/mol. The topological polar surface area (TPSA) is 0 Å². The van der Waals surface area contributed by atoms with Crippen LogP contribution in [-0.2, 0) is 0 Å². The Kier molecular flexibility index (Phi) is 3.66. The highest BCUT2D eigenvalue weighted by molar-refractivity contribution is 8.68. The fourth-order valence-corrected chi connectivity index (χ4v) is 3.44. The third-order valence-corrected chi connectivity index (χ3v) is 4.05. The zero-order valence-electron chi connectivity index (χ0n) is 5.54. The molecule has 0 aromatic heterocycles. The molecule has 0 heterocycles. The van der Waals surface area contributed by atoms with E-state index >= 15 is 0 Å². The van der Waals surface area contributed by atoms with Gasteiger partial charge in [0.25, 0.3) is 0 Å². The highest BCUT2D eigenvalue weighted by Gasteiger charge is 2.23. The first-order valence-corrected chi connectivity index (χ1v) is 6.23. The zero-order chi connectivity index (χ0) is 6.69. The molecule has 1 rings (SSSR count). The lowest BCUT2D eigenvalue weighted by atomic mass is 10.6. The van der Waals surface area contributed by atoms with Gasteiger partial charge < -0.3 is 0 Å². The molecule has 9 heavy (non-hydrogen) atoms. The van der Waals surface area contributed by atoms with Crippen molar-refractivity contribution in [1.29, 1.82) is 0 Å². The fraction of sp³-hybridized carbons (Fsp3) is 1.00. The molecule has 0 nitrogen and oxygen atoms in total. The number of hydrogen-bond donors (Lipinski definition) is 1. The quantitative estimate of drug-likeness (QED) is 0.522. The van der Waals surface area contributed by atoms with E-state index in [9.17, 15) is 0 Å². The molecule has 1 saturated carbocycles. The van der Waals surface area contributed by atoms with Gasteiger partial charge in [0.2, 0.25) is 0 Å². The summed E-state index contributed by atoms with van der Waals surface area (Å²) in [5.41, 5.74) is 0. The van der Waals surface area contributed by atoms with Crippen LogP contribution in [0, 0.1) is 0 Å². The largest absolute Gasteiger partial charge is 0.155 e. The first-order valence-electron chi connectivity index (χ1n) is 3.24. The van der Waals surface area contributed by atoms with E-state index in [0.29, 0.717) is 0 Å². The molecule has 1 aliphatic carbocycles. The maximum atomic E-state index is 4.11. The van der Waals surface area contributed by atoms with Crippen molar-refractivity contribution in [3.05, 3.63) is 0 Å². The Bertz CT molecular complexity index is 80.4. The Hall–Kier alpha value is 1.05. The Morgan fingerprint density at radius 1 is 1.67 bits per heavy atom. The second-order valence-electron chi connectivity index (χ2n) is 2.44. The summed E-state index contributed by atoms with van der Waals surface area (Å²) in [5.74, 6) is 1.18. The second kappa shape index (κ2) is 4.04. The van der Waals surface area contributed by atoms with Crippen LogP contribution in [-0.4, -0.2) is 16.3 Å². The third kappa shape index (κ3) is 3.68. The van der Waals surface area contributed by atoms with Crippen molar-refractivity contribution in [2.45, 2.75) is 30.3 Å². The molecule has 1 atom stereocenters. The van der Waals surface area contributed by atoms with E-state index in [0.717, 1.165) is 10.5 Å². The van der Waals surface area contributed by atoms with Crippen molar-refractivity contribution < 1.29 is 0 Å². The molecule has 0 N–H and O–H groups in total. The molecule has 54 valence electrons. The van der Waals surface area contributed by atoms with Crippen LogP contribution >= 0.6 is 34.2 Å². The van der Waals surface area contributed by atoms with E-state index in [2.05, 4.69) is 30.3 Å². The highest BCUT2D eigenvalue weighted by Crippen LogP contribution is 2.37. The molecule has 1 fully saturated rings.